The number of nitrogens with zero attached hydrogens (tertiary/aromatic N) is 1. The van der Waals surface area contributed by atoms with Crippen LogP contribution in [0.1, 0.15) is 43.6 Å². The van der Waals surface area contributed by atoms with Crippen LogP contribution in [0.25, 0.3) is 0 Å². The monoisotopic (exact) mass is 234 g/mol. The van der Waals surface area contributed by atoms with Crippen LogP contribution in [0.2, 0.25) is 0 Å². The van der Waals surface area contributed by atoms with E-state index in [9.17, 15) is 0 Å². The van der Waals surface area contributed by atoms with Gasteiger partial charge in [0.15, 0.2) is 0 Å². The van der Waals surface area contributed by atoms with Gasteiger partial charge in [0.05, 0.1) is 6.26 Å². The standard InChI is InChI=1S/C14H22N2O/c1-10-5-7-16(9-12(10)15)13-3-2-4-14-11(13)6-8-17-14/h6,8,10,12-13H,2-5,7,9,15H2,1H3. The lowest BCUT2D eigenvalue weighted by molar-refractivity contribution is 0.108. The van der Waals surface area contributed by atoms with Crippen molar-refractivity contribution < 1.29 is 4.42 Å². The average molecular weight is 234 g/mol. The summed E-state index contributed by atoms with van der Waals surface area (Å²) in [6.07, 6.45) is 6.68. The number of likely N-dealkylation sites (tertiary alicyclic amines) is 1. The molecule has 1 aromatic rings. The highest BCUT2D eigenvalue weighted by atomic mass is 16.3. The summed E-state index contributed by atoms with van der Waals surface area (Å²) in [5.41, 5.74) is 7.62. The summed E-state index contributed by atoms with van der Waals surface area (Å²) < 4.78 is 5.57. The molecule has 1 aliphatic carbocycles. The molecule has 2 aliphatic rings. The summed E-state index contributed by atoms with van der Waals surface area (Å²) in [5.74, 6) is 1.87. The zero-order chi connectivity index (χ0) is 11.8. The fourth-order valence-electron chi connectivity index (χ4n) is 3.25. The summed E-state index contributed by atoms with van der Waals surface area (Å²) in [4.78, 5) is 2.57. The maximum atomic E-state index is 6.21. The van der Waals surface area contributed by atoms with Crippen molar-refractivity contribution in [1.82, 2.24) is 4.90 Å². The van der Waals surface area contributed by atoms with Gasteiger partial charge in [0.1, 0.15) is 5.76 Å². The van der Waals surface area contributed by atoms with Crippen molar-refractivity contribution >= 4 is 0 Å². The number of hydrogen-bond acceptors (Lipinski definition) is 3. The fourth-order valence-corrected chi connectivity index (χ4v) is 3.25. The van der Waals surface area contributed by atoms with Gasteiger partial charge in [-0.15, -0.1) is 0 Å². The summed E-state index contributed by atoms with van der Waals surface area (Å²) >= 11 is 0. The first-order chi connectivity index (χ1) is 8.25. The molecule has 3 heteroatoms. The average Bonchev–Trinajstić information content (AvgIpc) is 2.80. The second-order valence-corrected chi connectivity index (χ2v) is 5.63. The molecule has 3 unspecified atom stereocenters. The van der Waals surface area contributed by atoms with Gasteiger partial charge in [-0.2, -0.15) is 0 Å². The van der Waals surface area contributed by atoms with Crippen LogP contribution < -0.4 is 5.73 Å². The van der Waals surface area contributed by atoms with E-state index in [4.69, 9.17) is 10.2 Å². The molecule has 0 saturated carbocycles. The highest BCUT2D eigenvalue weighted by Gasteiger charge is 2.32. The molecule has 3 rings (SSSR count). The fraction of sp³-hybridized carbons (Fsp3) is 0.714. The van der Waals surface area contributed by atoms with E-state index in [1.165, 1.54) is 37.1 Å². The molecular formula is C14H22N2O. The molecule has 1 aromatic heterocycles. The molecule has 0 amide bonds. The van der Waals surface area contributed by atoms with Crippen molar-refractivity contribution in [3.8, 4) is 0 Å². The Morgan fingerprint density at radius 3 is 3.12 bits per heavy atom. The molecule has 17 heavy (non-hydrogen) atoms. The molecular weight excluding hydrogens is 212 g/mol. The number of rotatable bonds is 1. The maximum absolute atomic E-state index is 6.21. The molecule has 2 heterocycles. The Morgan fingerprint density at radius 2 is 2.29 bits per heavy atom. The first-order valence-corrected chi connectivity index (χ1v) is 6.81. The normalized spacial score (nSPS) is 34.6. The smallest absolute Gasteiger partial charge is 0.108 e. The molecule has 2 N–H and O–H groups in total. The lowest BCUT2D eigenvalue weighted by Gasteiger charge is -2.41. The van der Waals surface area contributed by atoms with Gasteiger partial charge in [0, 0.05) is 30.6 Å². The number of piperidine rings is 1. The second kappa shape index (κ2) is 4.46. The van der Waals surface area contributed by atoms with E-state index < -0.39 is 0 Å². The van der Waals surface area contributed by atoms with Gasteiger partial charge in [0.25, 0.3) is 0 Å². The van der Waals surface area contributed by atoms with E-state index in [1.807, 2.05) is 6.26 Å². The third-order valence-electron chi connectivity index (χ3n) is 4.51. The molecule has 1 fully saturated rings. The first kappa shape index (κ1) is 11.3. The third kappa shape index (κ3) is 2.02. The van der Waals surface area contributed by atoms with Gasteiger partial charge in [-0.1, -0.05) is 6.92 Å². The van der Waals surface area contributed by atoms with Crippen molar-refractivity contribution in [1.29, 1.82) is 0 Å². The predicted octanol–water partition coefficient (Wildman–Crippen LogP) is 2.33. The number of aryl methyl sites for hydroxylation is 1. The van der Waals surface area contributed by atoms with Crippen molar-refractivity contribution in [3.05, 3.63) is 23.7 Å². The van der Waals surface area contributed by atoms with Crippen LogP contribution in [-0.4, -0.2) is 24.0 Å². The minimum Gasteiger partial charge on any atom is -0.469 e. The van der Waals surface area contributed by atoms with Gasteiger partial charge in [0.2, 0.25) is 0 Å². The minimum absolute atomic E-state index is 0.334. The highest BCUT2D eigenvalue weighted by Crippen LogP contribution is 2.36. The molecule has 0 aromatic carbocycles. The van der Waals surface area contributed by atoms with Gasteiger partial charge < -0.3 is 10.2 Å². The van der Waals surface area contributed by atoms with Crippen molar-refractivity contribution in [2.75, 3.05) is 13.1 Å². The number of hydrogen-bond donors (Lipinski definition) is 1. The lowest BCUT2D eigenvalue weighted by Crippen LogP contribution is -2.49. The Balaban J connectivity index is 1.78. The predicted molar refractivity (Wildman–Crippen MR) is 67.7 cm³/mol. The molecule has 0 bridgehead atoms. The Hall–Kier alpha value is -0.800. The number of furan rings is 1. The van der Waals surface area contributed by atoms with Crippen LogP contribution in [0.15, 0.2) is 16.7 Å². The van der Waals surface area contributed by atoms with Crippen LogP contribution in [-0.2, 0) is 6.42 Å². The van der Waals surface area contributed by atoms with Crippen molar-refractivity contribution in [2.24, 2.45) is 11.7 Å². The van der Waals surface area contributed by atoms with Gasteiger partial charge in [-0.3, -0.25) is 4.90 Å². The zero-order valence-electron chi connectivity index (χ0n) is 10.6. The second-order valence-electron chi connectivity index (χ2n) is 5.63. The van der Waals surface area contributed by atoms with E-state index in [1.54, 1.807) is 0 Å². The van der Waals surface area contributed by atoms with Crippen LogP contribution in [0.4, 0.5) is 0 Å². The van der Waals surface area contributed by atoms with Crippen LogP contribution in [0, 0.1) is 5.92 Å². The van der Waals surface area contributed by atoms with E-state index in [0.29, 0.717) is 18.0 Å². The number of fused-ring (bicyclic) bond motifs is 1. The first-order valence-electron chi connectivity index (χ1n) is 6.81. The summed E-state index contributed by atoms with van der Waals surface area (Å²) in [6.45, 7) is 4.49. The molecule has 3 atom stereocenters. The van der Waals surface area contributed by atoms with E-state index in [-0.39, 0.29) is 0 Å². The molecule has 94 valence electrons. The third-order valence-corrected chi connectivity index (χ3v) is 4.51. The number of nitrogens with two attached hydrogens (primary N) is 1. The Bertz CT molecular complexity index is 387. The van der Waals surface area contributed by atoms with E-state index in [2.05, 4.69) is 17.9 Å². The zero-order valence-corrected chi connectivity index (χ0v) is 10.6. The van der Waals surface area contributed by atoms with Gasteiger partial charge in [-0.05, 0) is 37.8 Å². The summed E-state index contributed by atoms with van der Waals surface area (Å²) in [6, 6.07) is 3.04. The maximum Gasteiger partial charge on any atom is 0.108 e. The highest BCUT2D eigenvalue weighted by molar-refractivity contribution is 5.24. The lowest BCUT2D eigenvalue weighted by atomic mass is 9.88. The topological polar surface area (TPSA) is 42.4 Å². The van der Waals surface area contributed by atoms with E-state index >= 15 is 0 Å². The SMILES string of the molecule is CC1CCN(C2CCCc3occc32)CC1N. The Morgan fingerprint density at radius 1 is 1.41 bits per heavy atom. The van der Waals surface area contributed by atoms with Crippen LogP contribution in [0.3, 0.4) is 0 Å². The largest absolute Gasteiger partial charge is 0.469 e. The molecule has 1 aliphatic heterocycles. The van der Waals surface area contributed by atoms with E-state index in [0.717, 1.165) is 13.0 Å². The summed E-state index contributed by atoms with van der Waals surface area (Å²) in [7, 11) is 0. The van der Waals surface area contributed by atoms with Gasteiger partial charge >= 0.3 is 0 Å². The molecule has 0 radical (unpaired) electrons. The summed E-state index contributed by atoms with van der Waals surface area (Å²) in [5, 5.41) is 0. The minimum atomic E-state index is 0.334. The van der Waals surface area contributed by atoms with Crippen LogP contribution in [0.5, 0.6) is 0 Å². The molecule has 0 spiro atoms. The molecule has 1 saturated heterocycles. The van der Waals surface area contributed by atoms with Crippen molar-refractivity contribution in [3.63, 3.8) is 0 Å². The Kier molecular flexibility index (Phi) is 2.97. The molecule has 3 nitrogen and oxygen atoms in total. The van der Waals surface area contributed by atoms with Crippen LogP contribution >= 0.6 is 0 Å². The van der Waals surface area contributed by atoms with Gasteiger partial charge in [-0.25, -0.2) is 0 Å². The quantitative estimate of drug-likeness (QED) is 0.811. The Labute approximate surface area is 103 Å². The van der Waals surface area contributed by atoms with Crippen molar-refractivity contribution in [2.45, 2.75) is 44.7 Å².